The Morgan fingerprint density at radius 3 is 3.00 bits per heavy atom. The summed E-state index contributed by atoms with van der Waals surface area (Å²) in [6.07, 6.45) is 6.69. The van der Waals surface area contributed by atoms with Crippen LogP contribution < -0.4 is 5.32 Å². The smallest absolute Gasteiger partial charge is 0.0811 e. The third kappa shape index (κ3) is 5.91. The van der Waals surface area contributed by atoms with Crippen molar-refractivity contribution in [3.63, 3.8) is 0 Å². The van der Waals surface area contributed by atoms with Crippen molar-refractivity contribution in [2.45, 2.75) is 25.8 Å². The molecule has 1 rings (SSSR count). The molecule has 15 heavy (non-hydrogen) atoms. The molecule has 0 spiro atoms. The predicted octanol–water partition coefficient (Wildman–Crippen LogP) is 2.11. The third-order valence-electron chi connectivity index (χ3n) is 2.15. The van der Waals surface area contributed by atoms with Gasteiger partial charge in [-0.1, -0.05) is 17.7 Å². The number of pyridine rings is 1. The van der Waals surface area contributed by atoms with E-state index in [1.807, 2.05) is 12.3 Å². The average Bonchev–Trinajstić information content (AvgIpc) is 2.29. The Morgan fingerprint density at radius 1 is 1.33 bits per heavy atom. The van der Waals surface area contributed by atoms with Gasteiger partial charge in [-0.15, -0.1) is 0 Å². The van der Waals surface area contributed by atoms with E-state index in [1.54, 1.807) is 6.20 Å². The van der Waals surface area contributed by atoms with Crippen LogP contribution in [0.5, 0.6) is 0 Å². The lowest BCUT2D eigenvalue weighted by Gasteiger charge is -2.03. The van der Waals surface area contributed by atoms with Crippen molar-refractivity contribution >= 4 is 0 Å². The van der Waals surface area contributed by atoms with E-state index >= 15 is 0 Å². The first-order chi connectivity index (χ1) is 7.43. The highest BCUT2D eigenvalue weighted by atomic mass is 16.3. The first-order valence-electron chi connectivity index (χ1n) is 5.32. The number of nitrogens with zero attached hydrogens (tertiary/aromatic N) is 2. The Morgan fingerprint density at radius 2 is 2.27 bits per heavy atom. The molecule has 0 aliphatic heterocycles. The highest BCUT2D eigenvalue weighted by molar-refractivity contribution is 5.07. The monoisotopic (exact) mass is 207 g/mol. The molecule has 0 radical (unpaired) electrons. The van der Waals surface area contributed by atoms with Gasteiger partial charge in [0.15, 0.2) is 0 Å². The van der Waals surface area contributed by atoms with Crippen molar-refractivity contribution < 1.29 is 0 Å². The molecule has 0 saturated heterocycles. The lowest BCUT2D eigenvalue weighted by atomic mass is 10.2. The lowest BCUT2D eigenvalue weighted by Crippen LogP contribution is -2.14. The summed E-state index contributed by atoms with van der Waals surface area (Å²) < 4.78 is 0. The number of aromatic nitrogens is 1. The summed E-state index contributed by atoms with van der Waals surface area (Å²) in [5.41, 5.74) is 1.20. The molecule has 0 aromatic carbocycles. The van der Waals surface area contributed by atoms with E-state index in [9.17, 15) is 4.91 Å². The van der Waals surface area contributed by atoms with E-state index in [-0.39, 0.29) is 0 Å². The molecule has 1 aromatic heterocycles. The number of nitrogens with one attached hydrogen (secondary N) is 1. The highest BCUT2D eigenvalue weighted by Crippen LogP contribution is 1.96. The second-order valence-electron chi connectivity index (χ2n) is 3.45. The van der Waals surface area contributed by atoms with Gasteiger partial charge in [0.25, 0.3) is 0 Å². The van der Waals surface area contributed by atoms with Gasteiger partial charge < -0.3 is 5.32 Å². The van der Waals surface area contributed by atoms with Crippen molar-refractivity contribution in [2.24, 2.45) is 5.18 Å². The van der Waals surface area contributed by atoms with Crippen LogP contribution in [-0.2, 0) is 6.54 Å². The zero-order chi connectivity index (χ0) is 10.8. The maximum Gasteiger partial charge on any atom is 0.0811 e. The van der Waals surface area contributed by atoms with Gasteiger partial charge in [0, 0.05) is 18.9 Å². The summed E-state index contributed by atoms with van der Waals surface area (Å²) in [4.78, 5) is 13.8. The van der Waals surface area contributed by atoms with E-state index in [0.717, 1.165) is 32.4 Å². The molecule has 0 bridgehead atoms. The van der Waals surface area contributed by atoms with Crippen LogP contribution in [0.2, 0.25) is 0 Å². The number of hydrogen-bond donors (Lipinski definition) is 1. The van der Waals surface area contributed by atoms with Crippen molar-refractivity contribution in [1.29, 1.82) is 0 Å². The van der Waals surface area contributed by atoms with Crippen LogP contribution in [0.1, 0.15) is 24.8 Å². The van der Waals surface area contributed by atoms with Crippen LogP contribution in [0.15, 0.2) is 29.7 Å². The predicted molar refractivity (Wildman–Crippen MR) is 60.5 cm³/mol. The molecule has 0 aliphatic rings. The average molecular weight is 207 g/mol. The van der Waals surface area contributed by atoms with Gasteiger partial charge in [-0.2, -0.15) is 4.91 Å². The van der Waals surface area contributed by atoms with E-state index in [0.29, 0.717) is 6.54 Å². The molecule has 4 nitrogen and oxygen atoms in total. The Labute approximate surface area is 90.1 Å². The molecule has 0 amide bonds. The Hall–Kier alpha value is -1.29. The Bertz CT molecular complexity index is 264. The Balaban J connectivity index is 1.95. The molecule has 1 N–H and O–H groups in total. The maximum atomic E-state index is 9.81. The molecule has 0 unspecified atom stereocenters. The van der Waals surface area contributed by atoms with Crippen LogP contribution in [0.3, 0.4) is 0 Å². The standard InChI is InChI=1S/C11H17N3O/c15-14-8-3-1-2-6-12-9-11-5-4-7-13-10-11/h4-5,7,10,12H,1-3,6,8-9H2. The topological polar surface area (TPSA) is 54.4 Å². The molecule has 0 saturated carbocycles. The second kappa shape index (κ2) is 8.05. The molecule has 82 valence electrons. The zero-order valence-corrected chi connectivity index (χ0v) is 8.85. The maximum absolute atomic E-state index is 9.81. The molecular weight excluding hydrogens is 190 g/mol. The normalized spacial score (nSPS) is 10.1. The number of rotatable bonds is 8. The van der Waals surface area contributed by atoms with Gasteiger partial charge in [0.05, 0.1) is 6.54 Å². The van der Waals surface area contributed by atoms with Gasteiger partial charge in [-0.05, 0) is 31.0 Å². The van der Waals surface area contributed by atoms with Crippen molar-refractivity contribution in [3.8, 4) is 0 Å². The largest absolute Gasteiger partial charge is 0.313 e. The summed E-state index contributed by atoms with van der Waals surface area (Å²) >= 11 is 0. The van der Waals surface area contributed by atoms with E-state index in [4.69, 9.17) is 0 Å². The molecule has 0 aliphatic carbocycles. The molecule has 1 heterocycles. The molecule has 0 fully saturated rings. The number of unbranched alkanes of at least 4 members (excludes halogenated alkanes) is 2. The minimum absolute atomic E-state index is 0.447. The zero-order valence-electron chi connectivity index (χ0n) is 8.85. The first kappa shape index (κ1) is 11.8. The lowest BCUT2D eigenvalue weighted by molar-refractivity contribution is 0.605. The summed E-state index contributed by atoms with van der Waals surface area (Å²) in [5.74, 6) is 0. The van der Waals surface area contributed by atoms with Gasteiger partial charge in [0.2, 0.25) is 0 Å². The van der Waals surface area contributed by atoms with E-state index in [2.05, 4.69) is 21.5 Å². The summed E-state index contributed by atoms with van der Waals surface area (Å²) in [6.45, 7) is 2.29. The van der Waals surface area contributed by atoms with Gasteiger partial charge in [-0.3, -0.25) is 4.98 Å². The fourth-order valence-corrected chi connectivity index (χ4v) is 1.34. The fourth-order valence-electron chi connectivity index (χ4n) is 1.34. The second-order valence-corrected chi connectivity index (χ2v) is 3.45. The van der Waals surface area contributed by atoms with Crippen molar-refractivity contribution in [3.05, 3.63) is 35.0 Å². The van der Waals surface area contributed by atoms with Crippen LogP contribution in [0.4, 0.5) is 0 Å². The van der Waals surface area contributed by atoms with Crippen LogP contribution in [0, 0.1) is 4.91 Å². The van der Waals surface area contributed by atoms with Crippen LogP contribution in [-0.4, -0.2) is 18.1 Å². The molecule has 1 aromatic rings. The molecular formula is C11H17N3O. The number of hydrogen-bond acceptors (Lipinski definition) is 4. The third-order valence-corrected chi connectivity index (χ3v) is 2.15. The highest BCUT2D eigenvalue weighted by Gasteiger charge is 1.92. The minimum Gasteiger partial charge on any atom is -0.313 e. The summed E-state index contributed by atoms with van der Waals surface area (Å²) in [5, 5.41) is 6.15. The summed E-state index contributed by atoms with van der Waals surface area (Å²) in [6, 6.07) is 3.99. The first-order valence-corrected chi connectivity index (χ1v) is 5.32. The fraction of sp³-hybridized carbons (Fsp3) is 0.545. The Kier molecular flexibility index (Phi) is 6.33. The SMILES string of the molecule is O=NCCCCCNCc1cccnc1. The quantitative estimate of drug-likeness (QED) is 0.524. The van der Waals surface area contributed by atoms with Crippen LogP contribution >= 0.6 is 0 Å². The van der Waals surface area contributed by atoms with Crippen molar-refractivity contribution in [2.75, 3.05) is 13.1 Å². The van der Waals surface area contributed by atoms with Gasteiger partial charge in [0.1, 0.15) is 0 Å². The van der Waals surface area contributed by atoms with E-state index in [1.165, 1.54) is 5.56 Å². The minimum atomic E-state index is 0.447. The number of nitroso groups, excluding NO2 is 1. The van der Waals surface area contributed by atoms with Crippen LogP contribution in [0.25, 0.3) is 0 Å². The van der Waals surface area contributed by atoms with Crippen molar-refractivity contribution in [1.82, 2.24) is 10.3 Å². The van der Waals surface area contributed by atoms with Gasteiger partial charge >= 0.3 is 0 Å². The molecule has 4 heteroatoms. The van der Waals surface area contributed by atoms with Gasteiger partial charge in [-0.25, -0.2) is 0 Å². The molecule has 0 atom stereocenters. The van der Waals surface area contributed by atoms with E-state index < -0.39 is 0 Å². The summed E-state index contributed by atoms with van der Waals surface area (Å²) in [7, 11) is 0.